The van der Waals surface area contributed by atoms with E-state index < -0.39 is 29.4 Å². The van der Waals surface area contributed by atoms with Gasteiger partial charge in [-0.2, -0.15) is 4.98 Å². The Balaban J connectivity index is 1.85. The van der Waals surface area contributed by atoms with Crippen LogP contribution in [0.1, 0.15) is 6.23 Å². The number of aliphatic hydroxyl groups is 2. The fourth-order valence-corrected chi connectivity index (χ4v) is 3.17. The fraction of sp³-hybridized carbons (Fsp3) is 0.583. The number of nitrogens with two attached hydrogens (primary N) is 1. The first-order valence-corrected chi connectivity index (χ1v) is 6.82. The largest absolute Gasteiger partial charge is 0.393 e. The first-order valence-electron chi connectivity index (χ1n) is 6.82. The highest BCUT2D eigenvalue weighted by Crippen LogP contribution is 2.45. The molecule has 118 valence electrons. The number of aromatic nitrogens is 4. The summed E-state index contributed by atoms with van der Waals surface area (Å²) in [7, 11) is 0. The highest BCUT2D eigenvalue weighted by Gasteiger charge is 2.58. The number of nitrogens with one attached hydrogen (secondary N) is 1. The van der Waals surface area contributed by atoms with E-state index in [1.807, 2.05) is 0 Å². The second-order valence-corrected chi connectivity index (χ2v) is 5.63. The van der Waals surface area contributed by atoms with Crippen molar-refractivity contribution in [3.8, 4) is 0 Å². The van der Waals surface area contributed by atoms with Crippen LogP contribution < -0.4 is 11.3 Å². The van der Waals surface area contributed by atoms with Crippen LogP contribution in [0.15, 0.2) is 11.1 Å². The molecule has 0 aromatic carbocycles. The summed E-state index contributed by atoms with van der Waals surface area (Å²) in [6, 6.07) is 0. The molecule has 10 nitrogen and oxygen atoms in total. The van der Waals surface area contributed by atoms with Gasteiger partial charge in [-0.25, -0.2) is 4.98 Å². The third-order valence-electron chi connectivity index (χ3n) is 4.32. The minimum Gasteiger partial charge on any atom is -0.393 e. The maximum Gasteiger partial charge on any atom is 0.280 e. The number of aromatic amines is 1. The zero-order chi connectivity index (χ0) is 15.5. The lowest BCUT2D eigenvalue weighted by Crippen LogP contribution is -2.52. The van der Waals surface area contributed by atoms with Gasteiger partial charge in [0.15, 0.2) is 11.2 Å². The van der Waals surface area contributed by atoms with E-state index >= 15 is 0 Å². The number of anilines is 1. The van der Waals surface area contributed by atoms with Crippen LogP contribution >= 0.6 is 0 Å². The number of ether oxygens (including phenoxy) is 2. The summed E-state index contributed by atoms with van der Waals surface area (Å²) in [5.41, 5.74) is 4.35. The average Bonchev–Trinajstić information content (AvgIpc) is 2.94. The van der Waals surface area contributed by atoms with Crippen LogP contribution in [0.2, 0.25) is 0 Å². The summed E-state index contributed by atoms with van der Waals surface area (Å²) in [6.45, 7) is -0.00365. The van der Waals surface area contributed by atoms with E-state index in [0.29, 0.717) is 0 Å². The van der Waals surface area contributed by atoms with Gasteiger partial charge in [-0.3, -0.25) is 14.3 Å². The number of aliphatic hydroxyl groups excluding tert-OH is 2. The molecular formula is C12H15N5O5. The third-order valence-corrected chi connectivity index (χ3v) is 4.32. The van der Waals surface area contributed by atoms with E-state index in [-0.39, 0.29) is 36.9 Å². The normalized spacial score (nSPS) is 34.4. The SMILES string of the molecule is Nc1nc2c(ncn2[C@H]2O[C@@]3(CO)COC[C@@H]2[C@@H]3O)c(=O)[nH]1. The molecule has 2 fully saturated rings. The molecule has 0 radical (unpaired) electrons. The first kappa shape index (κ1) is 13.6. The molecule has 22 heavy (non-hydrogen) atoms. The molecule has 0 aliphatic carbocycles. The second-order valence-electron chi connectivity index (χ2n) is 5.63. The number of rotatable bonds is 2. The van der Waals surface area contributed by atoms with Crippen molar-refractivity contribution in [1.82, 2.24) is 19.5 Å². The van der Waals surface area contributed by atoms with Gasteiger partial charge in [-0.1, -0.05) is 0 Å². The molecule has 5 N–H and O–H groups in total. The van der Waals surface area contributed by atoms with Gasteiger partial charge < -0.3 is 25.4 Å². The van der Waals surface area contributed by atoms with E-state index in [2.05, 4.69) is 15.0 Å². The lowest BCUT2D eigenvalue weighted by Gasteiger charge is -2.33. The summed E-state index contributed by atoms with van der Waals surface area (Å²) < 4.78 is 12.8. The van der Waals surface area contributed by atoms with E-state index in [1.54, 1.807) is 4.57 Å². The Hall–Kier alpha value is -2.01. The van der Waals surface area contributed by atoms with Gasteiger partial charge in [0.1, 0.15) is 11.8 Å². The lowest BCUT2D eigenvalue weighted by molar-refractivity contribution is -0.163. The number of nitrogen functional groups attached to an aromatic ring is 1. The number of hydrogen-bond donors (Lipinski definition) is 4. The minimum absolute atomic E-state index is 0.0334. The average molecular weight is 309 g/mol. The van der Waals surface area contributed by atoms with Gasteiger partial charge in [-0.05, 0) is 0 Å². The van der Waals surface area contributed by atoms with Gasteiger partial charge in [0.05, 0.1) is 38.2 Å². The Labute approximate surface area is 123 Å². The van der Waals surface area contributed by atoms with Crippen LogP contribution in [0.25, 0.3) is 11.2 Å². The van der Waals surface area contributed by atoms with Crippen LogP contribution in [-0.4, -0.2) is 61.3 Å². The molecule has 0 spiro atoms. The van der Waals surface area contributed by atoms with Crippen molar-refractivity contribution in [3.05, 3.63) is 16.7 Å². The highest BCUT2D eigenvalue weighted by molar-refractivity contribution is 5.70. The maximum atomic E-state index is 11.8. The molecule has 2 aliphatic heterocycles. The van der Waals surface area contributed by atoms with Crippen LogP contribution in [0.3, 0.4) is 0 Å². The van der Waals surface area contributed by atoms with Gasteiger partial charge in [0, 0.05) is 0 Å². The molecule has 10 heteroatoms. The zero-order valence-corrected chi connectivity index (χ0v) is 11.5. The number of hydrogen-bond acceptors (Lipinski definition) is 8. The van der Waals surface area contributed by atoms with E-state index in [0.717, 1.165) is 0 Å². The molecular weight excluding hydrogens is 294 g/mol. The number of H-pyrrole nitrogens is 1. The van der Waals surface area contributed by atoms with Gasteiger partial charge in [0.2, 0.25) is 5.95 Å². The molecule has 2 aromatic heterocycles. The van der Waals surface area contributed by atoms with Gasteiger partial charge in [0.25, 0.3) is 5.56 Å². The Morgan fingerprint density at radius 1 is 1.59 bits per heavy atom. The van der Waals surface area contributed by atoms with Crippen molar-refractivity contribution >= 4 is 17.1 Å². The fourth-order valence-electron chi connectivity index (χ4n) is 3.17. The molecule has 0 amide bonds. The summed E-state index contributed by atoms with van der Waals surface area (Å²) in [5, 5.41) is 20.0. The van der Waals surface area contributed by atoms with Crippen molar-refractivity contribution in [2.75, 3.05) is 25.6 Å². The minimum atomic E-state index is -1.17. The zero-order valence-electron chi connectivity index (χ0n) is 11.5. The smallest absolute Gasteiger partial charge is 0.280 e. The maximum absolute atomic E-state index is 11.8. The summed E-state index contributed by atoms with van der Waals surface area (Å²) >= 11 is 0. The number of nitrogens with zero attached hydrogens (tertiary/aromatic N) is 3. The van der Waals surface area contributed by atoms with Crippen LogP contribution in [0.4, 0.5) is 5.95 Å². The monoisotopic (exact) mass is 309 g/mol. The summed E-state index contributed by atoms with van der Waals surface area (Å²) in [4.78, 5) is 22.3. The summed E-state index contributed by atoms with van der Waals surface area (Å²) in [5.74, 6) is -0.436. The number of imidazole rings is 1. The Morgan fingerprint density at radius 2 is 2.41 bits per heavy atom. The molecule has 2 saturated heterocycles. The Bertz CT molecular complexity index is 788. The van der Waals surface area contributed by atoms with Crippen molar-refractivity contribution in [2.24, 2.45) is 5.92 Å². The quantitative estimate of drug-likeness (QED) is 0.496. The topological polar surface area (TPSA) is 149 Å². The Morgan fingerprint density at radius 3 is 3.14 bits per heavy atom. The van der Waals surface area contributed by atoms with Gasteiger partial charge >= 0.3 is 0 Å². The van der Waals surface area contributed by atoms with E-state index in [9.17, 15) is 15.0 Å². The third kappa shape index (κ3) is 1.66. The van der Waals surface area contributed by atoms with Crippen LogP contribution in [0.5, 0.6) is 0 Å². The predicted molar refractivity (Wildman–Crippen MR) is 72.8 cm³/mol. The predicted octanol–water partition coefficient (Wildman–Crippen LogP) is -2.03. The molecule has 4 atom stereocenters. The van der Waals surface area contributed by atoms with Crippen LogP contribution in [-0.2, 0) is 9.47 Å². The number of fused-ring (bicyclic) bond motifs is 3. The molecule has 0 saturated carbocycles. The van der Waals surface area contributed by atoms with Crippen molar-refractivity contribution < 1.29 is 19.7 Å². The van der Waals surface area contributed by atoms with E-state index in [1.165, 1.54) is 6.33 Å². The molecule has 2 bridgehead atoms. The van der Waals surface area contributed by atoms with E-state index in [4.69, 9.17) is 15.2 Å². The van der Waals surface area contributed by atoms with Crippen molar-refractivity contribution in [3.63, 3.8) is 0 Å². The van der Waals surface area contributed by atoms with Crippen LogP contribution in [0, 0.1) is 5.92 Å². The lowest BCUT2D eigenvalue weighted by atomic mass is 9.89. The van der Waals surface area contributed by atoms with Gasteiger partial charge in [-0.15, -0.1) is 0 Å². The molecule has 4 heterocycles. The molecule has 2 aromatic rings. The second kappa shape index (κ2) is 4.49. The highest BCUT2D eigenvalue weighted by atomic mass is 16.6. The first-order chi connectivity index (χ1) is 10.6. The molecule has 4 rings (SSSR count). The summed E-state index contributed by atoms with van der Waals surface area (Å²) in [6.07, 6.45) is -0.119. The molecule has 2 aliphatic rings. The van der Waals surface area contributed by atoms with Crippen molar-refractivity contribution in [1.29, 1.82) is 0 Å². The Kier molecular flexibility index (Phi) is 2.78. The van der Waals surface area contributed by atoms with Crippen molar-refractivity contribution in [2.45, 2.75) is 17.9 Å². The molecule has 0 unspecified atom stereocenters. The standard InChI is InChI=1S/C12H15N5O5/c13-11-15-8-6(9(20)16-11)14-4-17(8)10-5-1-21-3-12(2-18,22-10)7(5)19/h4-5,7,10,18-19H,1-3H2,(H3,13,15,16,20)/t5-,7+,10+,12+/m1/s1.